The lowest BCUT2D eigenvalue weighted by Gasteiger charge is -2.28. The number of hydrogen-bond acceptors (Lipinski definition) is 6. The van der Waals surface area contributed by atoms with Gasteiger partial charge in [-0.2, -0.15) is 5.10 Å². The standard InChI is InChI=1S/C22H23FN6O2/c23-20-12-17(29-15-18(31-22(29)30)14-28-9-1-6-26-28)3-4-19(20)16-2-5-21(25-13-16)27-10-7-24-8-11-27/h1-6,9,12-13,18,24H,7-8,10-11,14-15H2/t18-/m0/s1. The van der Waals surface area contributed by atoms with Crippen LogP contribution >= 0.6 is 0 Å². The molecule has 31 heavy (non-hydrogen) atoms. The van der Waals surface area contributed by atoms with Gasteiger partial charge in [-0.15, -0.1) is 0 Å². The fourth-order valence-corrected chi connectivity index (χ4v) is 3.98. The lowest BCUT2D eigenvalue weighted by Crippen LogP contribution is -2.43. The number of aromatic nitrogens is 3. The van der Waals surface area contributed by atoms with Gasteiger partial charge in [-0.25, -0.2) is 14.2 Å². The van der Waals surface area contributed by atoms with Crippen LogP contribution in [0.5, 0.6) is 0 Å². The maximum Gasteiger partial charge on any atom is 0.414 e. The second kappa shape index (κ2) is 8.35. The van der Waals surface area contributed by atoms with Gasteiger partial charge in [0.25, 0.3) is 0 Å². The number of pyridine rings is 1. The first-order valence-electron chi connectivity index (χ1n) is 10.3. The van der Waals surface area contributed by atoms with Crippen LogP contribution in [-0.4, -0.2) is 59.7 Å². The molecule has 0 saturated carbocycles. The molecule has 1 N–H and O–H groups in total. The predicted molar refractivity (Wildman–Crippen MR) is 115 cm³/mol. The molecular formula is C22H23FN6O2. The molecule has 3 aromatic rings. The van der Waals surface area contributed by atoms with Crippen molar-refractivity contribution in [3.63, 3.8) is 0 Å². The van der Waals surface area contributed by atoms with E-state index in [2.05, 4.69) is 20.3 Å². The summed E-state index contributed by atoms with van der Waals surface area (Å²) in [4.78, 5) is 20.5. The van der Waals surface area contributed by atoms with Crippen LogP contribution in [0.15, 0.2) is 55.0 Å². The van der Waals surface area contributed by atoms with Crippen LogP contribution in [0.2, 0.25) is 0 Å². The number of nitrogens with zero attached hydrogens (tertiary/aromatic N) is 5. The van der Waals surface area contributed by atoms with Crippen LogP contribution in [0.1, 0.15) is 0 Å². The summed E-state index contributed by atoms with van der Waals surface area (Å²) in [7, 11) is 0. The van der Waals surface area contributed by atoms with Crippen molar-refractivity contribution in [1.82, 2.24) is 20.1 Å². The number of rotatable bonds is 5. The topological polar surface area (TPSA) is 75.5 Å². The zero-order chi connectivity index (χ0) is 21.2. The SMILES string of the molecule is O=C1O[C@@H](Cn2cccn2)CN1c1ccc(-c2ccc(N3CCNCC3)nc2)c(F)c1. The van der Waals surface area contributed by atoms with Crippen LogP contribution < -0.4 is 15.1 Å². The maximum absolute atomic E-state index is 14.9. The lowest BCUT2D eigenvalue weighted by atomic mass is 10.1. The van der Waals surface area contributed by atoms with Crippen molar-refractivity contribution in [2.24, 2.45) is 0 Å². The average molecular weight is 422 g/mol. The minimum absolute atomic E-state index is 0.336. The Morgan fingerprint density at radius 1 is 1.19 bits per heavy atom. The summed E-state index contributed by atoms with van der Waals surface area (Å²) in [6.45, 7) is 4.48. The molecule has 0 radical (unpaired) electrons. The Bertz CT molecular complexity index is 1050. The van der Waals surface area contributed by atoms with Gasteiger partial charge in [-0.3, -0.25) is 9.58 Å². The van der Waals surface area contributed by atoms with Crippen molar-refractivity contribution in [2.75, 3.05) is 42.5 Å². The highest BCUT2D eigenvalue weighted by molar-refractivity contribution is 5.90. The van der Waals surface area contributed by atoms with Gasteiger partial charge in [0.05, 0.1) is 18.8 Å². The van der Waals surface area contributed by atoms with Crippen LogP contribution in [0.25, 0.3) is 11.1 Å². The number of ether oxygens (including phenoxy) is 1. The van der Waals surface area contributed by atoms with Gasteiger partial charge in [-0.1, -0.05) is 0 Å². The van der Waals surface area contributed by atoms with E-state index < -0.39 is 11.9 Å². The number of hydrogen-bond donors (Lipinski definition) is 1. The zero-order valence-electron chi connectivity index (χ0n) is 16.9. The Balaban J connectivity index is 1.30. The first-order valence-corrected chi connectivity index (χ1v) is 10.3. The molecule has 2 saturated heterocycles. The van der Waals surface area contributed by atoms with Gasteiger partial charge in [0.1, 0.15) is 17.7 Å². The molecule has 2 aromatic heterocycles. The van der Waals surface area contributed by atoms with Crippen LogP contribution in [0.3, 0.4) is 0 Å². The molecule has 160 valence electrons. The molecule has 5 rings (SSSR count). The third-order valence-corrected chi connectivity index (χ3v) is 5.59. The van der Waals surface area contributed by atoms with Gasteiger partial charge in [0.2, 0.25) is 0 Å². The largest absolute Gasteiger partial charge is 0.442 e. The van der Waals surface area contributed by atoms with E-state index >= 15 is 0 Å². The van der Waals surface area contributed by atoms with Crippen molar-refractivity contribution >= 4 is 17.6 Å². The highest BCUT2D eigenvalue weighted by Crippen LogP contribution is 2.29. The minimum Gasteiger partial charge on any atom is -0.442 e. The molecule has 9 heteroatoms. The van der Waals surface area contributed by atoms with Gasteiger partial charge < -0.3 is 15.0 Å². The Kier molecular flexibility index (Phi) is 5.25. The Labute approximate surface area is 179 Å². The number of carbonyl (C=O) groups is 1. The number of anilines is 2. The number of amides is 1. The van der Waals surface area contributed by atoms with Crippen molar-refractivity contribution in [1.29, 1.82) is 0 Å². The first-order chi connectivity index (χ1) is 15.2. The van der Waals surface area contributed by atoms with E-state index in [9.17, 15) is 9.18 Å². The molecule has 0 bridgehead atoms. The highest BCUT2D eigenvalue weighted by atomic mass is 19.1. The zero-order valence-corrected chi connectivity index (χ0v) is 16.9. The maximum atomic E-state index is 14.9. The highest BCUT2D eigenvalue weighted by Gasteiger charge is 2.33. The third-order valence-electron chi connectivity index (χ3n) is 5.59. The molecule has 0 unspecified atom stereocenters. The minimum atomic E-state index is -0.480. The predicted octanol–water partition coefficient (Wildman–Crippen LogP) is 2.52. The lowest BCUT2D eigenvalue weighted by molar-refractivity contribution is 0.129. The summed E-state index contributed by atoms with van der Waals surface area (Å²) in [6, 6.07) is 10.4. The summed E-state index contributed by atoms with van der Waals surface area (Å²) in [5, 5.41) is 7.45. The van der Waals surface area contributed by atoms with Gasteiger partial charge in [-0.05, 0) is 36.4 Å². The summed E-state index contributed by atoms with van der Waals surface area (Å²) < 4.78 is 22.1. The number of nitrogens with one attached hydrogen (secondary N) is 1. The van der Waals surface area contributed by atoms with Crippen LogP contribution in [-0.2, 0) is 11.3 Å². The molecule has 8 nitrogen and oxygen atoms in total. The molecule has 0 spiro atoms. The average Bonchev–Trinajstić information content (AvgIpc) is 3.44. The first kappa shape index (κ1) is 19.5. The number of piperazine rings is 1. The second-order valence-electron chi connectivity index (χ2n) is 7.65. The number of cyclic esters (lactones) is 1. The van der Waals surface area contributed by atoms with Crippen molar-refractivity contribution < 1.29 is 13.9 Å². The van der Waals surface area contributed by atoms with Gasteiger partial charge >= 0.3 is 6.09 Å². The van der Waals surface area contributed by atoms with E-state index in [0.29, 0.717) is 29.9 Å². The van der Waals surface area contributed by atoms with Crippen molar-refractivity contribution in [2.45, 2.75) is 12.6 Å². The second-order valence-corrected chi connectivity index (χ2v) is 7.65. The van der Waals surface area contributed by atoms with Gasteiger partial charge in [0, 0.05) is 55.9 Å². The number of benzene rings is 1. The fraction of sp³-hybridized carbons (Fsp3) is 0.318. The normalized spacial score (nSPS) is 19.0. The Morgan fingerprint density at radius 3 is 2.77 bits per heavy atom. The molecule has 1 aromatic carbocycles. The van der Waals surface area contributed by atoms with Crippen molar-refractivity contribution in [3.05, 3.63) is 60.8 Å². The number of halogens is 1. The smallest absolute Gasteiger partial charge is 0.414 e. The summed E-state index contributed by atoms with van der Waals surface area (Å²) >= 11 is 0. The van der Waals surface area contributed by atoms with Gasteiger partial charge in [0.15, 0.2) is 0 Å². The van der Waals surface area contributed by atoms with E-state index in [0.717, 1.165) is 32.0 Å². The third kappa shape index (κ3) is 4.09. The molecule has 4 heterocycles. The number of carbonyl (C=O) groups excluding carboxylic acids is 1. The van der Waals surface area contributed by atoms with E-state index in [1.165, 1.54) is 11.0 Å². The quantitative estimate of drug-likeness (QED) is 0.681. The van der Waals surface area contributed by atoms with E-state index in [1.54, 1.807) is 29.2 Å². The Morgan fingerprint density at radius 2 is 2.06 bits per heavy atom. The molecule has 2 fully saturated rings. The monoisotopic (exact) mass is 422 g/mol. The van der Waals surface area contributed by atoms with Crippen LogP contribution in [0, 0.1) is 5.82 Å². The summed E-state index contributed by atoms with van der Waals surface area (Å²) in [5.41, 5.74) is 1.62. The molecule has 2 aliphatic rings. The fourth-order valence-electron chi connectivity index (χ4n) is 3.98. The molecule has 1 atom stereocenters. The van der Waals surface area contributed by atoms with E-state index in [4.69, 9.17) is 4.74 Å². The van der Waals surface area contributed by atoms with E-state index in [-0.39, 0.29) is 6.10 Å². The summed E-state index contributed by atoms with van der Waals surface area (Å²) in [6.07, 6.45) is 4.36. The molecule has 1 amide bonds. The Hall–Kier alpha value is -3.46. The molecule has 2 aliphatic heterocycles. The van der Waals surface area contributed by atoms with Crippen LogP contribution in [0.4, 0.5) is 20.7 Å². The molecule has 0 aliphatic carbocycles. The van der Waals surface area contributed by atoms with E-state index in [1.807, 2.05) is 24.4 Å². The summed E-state index contributed by atoms with van der Waals surface area (Å²) in [5.74, 6) is 0.489. The molecular weight excluding hydrogens is 399 g/mol. The van der Waals surface area contributed by atoms with Crippen molar-refractivity contribution in [3.8, 4) is 11.1 Å².